The highest BCUT2D eigenvalue weighted by Gasteiger charge is 1.94. The van der Waals surface area contributed by atoms with Crippen molar-refractivity contribution in [3.05, 3.63) is 34.9 Å². The van der Waals surface area contributed by atoms with E-state index in [0.29, 0.717) is 0 Å². The number of hydrogen-bond acceptors (Lipinski definition) is 0. The molecule has 1 nitrogen and oxygen atoms in total. The number of rotatable bonds is 2. The van der Waals surface area contributed by atoms with Gasteiger partial charge in [0.2, 0.25) is 0 Å². The lowest BCUT2D eigenvalue weighted by atomic mass is 10.0. The SMILES string of the molecule is Cc1ccc(CC[NH3+])cc1C. The first-order valence-corrected chi connectivity index (χ1v) is 4.09. The summed E-state index contributed by atoms with van der Waals surface area (Å²) >= 11 is 0. The molecule has 0 saturated heterocycles. The van der Waals surface area contributed by atoms with Crippen molar-refractivity contribution in [1.29, 1.82) is 0 Å². The highest BCUT2D eigenvalue weighted by Crippen LogP contribution is 2.09. The van der Waals surface area contributed by atoms with Crippen LogP contribution in [-0.4, -0.2) is 6.54 Å². The van der Waals surface area contributed by atoms with E-state index in [2.05, 4.69) is 37.8 Å². The Morgan fingerprint density at radius 3 is 2.45 bits per heavy atom. The fraction of sp³-hybridized carbons (Fsp3) is 0.400. The standard InChI is InChI=1S/C10H15N/c1-8-3-4-10(5-6-11)7-9(8)2/h3-4,7H,5-6,11H2,1-2H3/p+1. The Morgan fingerprint density at radius 2 is 1.91 bits per heavy atom. The van der Waals surface area contributed by atoms with Crippen molar-refractivity contribution in [2.75, 3.05) is 6.54 Å². The van der Waals surface area contributed by atoms with Gasteiger partial charge in [-0.1, -0.05) is 18.2 Å². The van der Waals surface area contributed by atoms with Crippen LogP contribution in [0.15, 0.2) is 18.2 Å². The molecule has 0 fully saturated rings. The van der Waals surface area contributed by atoms with Crippen molar-refractivity contribution in [2.24, 2.45) is 0 Å². The lowest BCUT2D eigenvalue weighted by Crippen LogP contribution is -2.51. The van der Waals surface area contributed by atoms with Crippen LogP contribution in [0.4, 0.5) is 0 Å². The minimum absolute atomic E-state index is 0.989. The Bertz CT molecular complexity index is 241. The van der Waals surface area contributed by atoms with E-state index in [0.717, 1.165) is 13.0 Å². The van der Waals surface area contributed by atoms with Gasteiger partial charge in [0, 0.05) is 6.42 Å². The second kappa shape index (κ2) is 3.54. The van der Waals surface area contributed by atoms with Crippen molar-refractivity contribution < 1.29 is 5.73 Å². The Hall–Kier alpha value is -0.820. The topological polar surface area (TPSA) is 27.6 Å². The van der Waals surface area contributed by atoms with Crippen molar-refractivity contribution in [2.45, 2.75) is 20.3 Å². The second-order valence-corrected chi connectivity index (χ2v) is 3.02. The first-order valence-electron chi connectivity index (χ1n) is 4.09. The van der Waals surface area contributed by atoms with Crippen LogP contribution < -0.4 is 5.73 Å². The number of quaternary nitrogens is 1. The summed E-state index contributed by atoms with van der Waals surface area (Å²) in [6.07, 6.45) is 1.10. The maximum atomic E-state index is 3.83. The molecule has 3 N–H and O–H groups in total. The molecule has 0 aliphatic heterocycles. The van der Waals surface area contributed by atoms with E-state index >= 15 is 0 Å². The summed E-state index contributed by atoms with van der Waals surface area (Å²) in [6.45, 7) is 5.29. The van der Waals surface area contributed by atoms with Crippen molar-refractivity contribution in [3.63, 3.8) is 0 Å². The summed E-state index contributed by atoms with van der Waals surface area (Å²) in [7, 11) is 0. The van der Waals surface area contributed by atoms with Gasteiger partial charge in [-0.2, -0.15) is 0 Å². The van der Waals surface area contributed by atoms with Crippen LogP contribution in [0.3, 0.4) is 0 Å². The third-order valence-electron chi connectivity index (χ3n) is 2.04. The molecule has 60 valence electrons. The van der Waals surface area contributed by atoms with Gasteiger partial charge in [0.25, 0.3) is 0 Å². The largest absolute Gasteiger partial charge is 0.357 e. The van der Waals surface area contributed by atoms with Gasteiger partial charge in [-0.3, -0.25) is 0 Å². The van der Waals surface area contributed by atoms with Crippen molar-refractivity contribution >= 4 is 0 Å². The molecule has 0 aromatic heterocycles. The number of hydrogen-bond donors (Lipinski definition) is 1. The molecule has 0 unspecified atom stereocenters. The van der Waals surface area contributed by atoms with E-state index in [1.54, 1.807) is 0 Å². The molecule has 0 radical (unpaired) electrons. The van der Waals surface area contributed by atoms with Gasteiger partial charge in [0.15, 0.2) is 0 Å². The summed E-state index contributed by atoms with van der Waals surface area (Å²) in [4.78, 5) is 0. The molecule has 0 atom stereocenters. The maximum Gasteiger partial charge on any atom is 0.0780 e. The third kappa shape index (κ3) is 2.05. The summed E-state index contributed by atoms with van der Waals surface area (Å²) in [5.74, 6) is 0. The van der Waals surface area contributed by atoms with Crippen molar-refractivity contribution in [3.8, 4) is 0 Å². The van der Waals surface area contributed by atoms with Gasteiger partial charge >= 0.3 is 0 Å². The maximum absolute atomic E-state index is 3.83. The Morgan fingerprint density at radius 1 is 1.18 bits per heavy atom. The predicted molar refractivity (Wildman–Crippen MR) is 47.4 cm³/mol. The molecule has 11 heavy (non-hydrogen) atoms. The van der Waals surface area contributed by atoms with E-state index in [4.69, 9.17) is 0 Å². The predicted octanol–water partition coefficient (Wildman–Crippen LogP) is 1.09. The summed E-state index contributed by atoms with van der Waals surface area (Å²) < 4.78 is 0. The lowest BCUT2D eigenvalue weighted by Gasteiger charge is -2.01. The molecule has 0 bridgehead atoms. The van der Waals surface area contributed by atoms with Gasteiger partial charge in [-0.15, -0.1) is 0 Å². The molecule has 0 amide bonds. The molecule has 0 aliphatic rings. The number of benzene rings is 1. The summed E-state index contributed by atoms with van der Waals surface area (Å²) in [5, 5.41) is 0. The molecular weight excluding hydrogens is 134 g/mol. The minimum Gasteiger partial charge on any atom is -0.357 e. The average Bonchev–Trinajstić information content (AvgIpc) is 1.98. The second-order valence-electron chi connectivity index (χ2n) is 3.02. The smallest absolute Gasteiger partial charge is 0.0780 e. The molecule has 0 saturated carbocycles. The molecule has 1 aromatic carbocycles. The molecule has 0 heterocycles. The van der Waals surface area contributed by atoms with E-state index in [-0.39, 0.29) is 0 Å². The molecule has 1 aromatic rings. The molecule has 0 spiro atoms. The van der Waals surface area contributed by atoms with Gasteiger partial charge in [-0.25, -0.2) is 0 Å². The molecular formula is C10H16N+. The Labute approximate surface area is 68.2 Å². The zero-order chi connectivity index (χ0) is 8.27. The monoisotopic (exact) mass is 150 g/mol. The van der Waals surface area contributed by atoms with Gasteiger partial charge < -0.3 is 5.73 Å². The van der Waals surface area contributed by atoms with Crippen LogP contribution in [0.1, 0.15) is 16.7 Å². The highest BCUT2D eigenvalue weighted by molar-refractivity contribution is 5.29. The highest BCUT2D eigenvalue weighted by atomic mass is 14.5. The van der Waals surface area contributed by atoms with E-state index in [1.807, 2.05) is 0 Å². The van der Waals surface area contributed by atoms with Crippen LogP contribution in [-0.2, 0) is 6.42 Å². The van der Waals surface area contributed by atoms with Crippen molar-refractivity contribution in [1.82, 2.24) is 0 Å². The van der Waals surface area contributed by atoms with Gasteiger partial charge in [-0.05, 0) is 30.5 Å². The van der Waals surface area contributed by atoms with Crippen LogP contribution in [0.25, 0.3) is 0 Å². The van der Waals surface area contributed by atoms with Crippen LogP contribution in [0.5, 0.6) is 0 Å². The third-order valence-corrected chi connectivity index (χ3v) is 2.04. The Kier molecular flexibility index (Phi) is 2.66. The first kappa shape index (κ1) is 8.28. The van der Waals surface area contributed by atoms with E-state index in [9.17, 15) is 0 Å². The van der Waals surface area contributed by atoms with Crippen LogP contribution in [0, 0.1) is 13.8 Å². The minimum atomic E-state index is 0.989. The number of aryl methyl sites for hydroxylation is 2. The fourth-order valence-electron chi connectivity index (χ4n) is 1.16. The lowest BCUT2D eigenvalue weighted by molar-refractivity contribution is -0.366. The van der Waals surface area contributed by atoms with Crippen LogP contribution >= 0.6 is 0 Å². The average molecular weight is 150 g/mol. The van der Waals surface area contributed by atoms with Gasteiger partial charge in [0.05, 0.1) is 6.54 Å². The van der Waals surface area contributed by atoms with Crippen LogP contribution in [0.2, 0.25) is 0 Å². The first-order chi connectivity index (χ1) is 5.24. The normalized spacial score (nSPS) is 10.1. The van der Waals surface area contributed by atoms with E-state index in [1.165, 1.54) is 16.7 Å². The fourth-order valence-corrected chi connectivity index (χ4v) is 1.16. The zero-order valence-corrected chi connectivity index (χ0v) is 7.35. The summed E-state index contributed by atoms with van der Waals surface area (Å²) in [5.41, 5.74) is 8.00. The summed E-state index contributed by atoms with van der Waals surface area (Å²) in [6, 6.07) is 6.62. The van der Waals surface area contributed by atoms with E-state index < -0.39 is 0 Å². The van der Waals surface area contributed by atoms with Gasteiger partial charge in [0.1, 0.15) is 0 Å². The molecule has 0 aliphatic carbocycles. The Balaban J connectivity index is 2.86. The quantitative estimate of drug-likeness (QED) is 0.653. The molecule has 1 heteroatoms. The zero-order valence-electron chi connectivity index (χ0n) is 7.35. The molecule has 1 rings (SSSR count).